The van der Waals surface area contributed by atoms with Gasteiger partial charge in [0.2, 0.25) is 15.9 Å². The fraction of sp³-hybridized carbons (Fsp3) is 0.188. The number of fused-ring (bicyclic) bond motifs is 1. The zero-order valence-electron chi connectivity index (χ0n) is 14.5. The lowest BCUT2D eigenvalue weighted by atomic mass is 10.3. The van der Waals surface area contributed by atoms with Gasteiger partial charge in [0.15, 0.2) is 10.8 Å². The second-order valence-electron chi connectivity index (χ2n) is 5.68. The van der Waals surface area contributed by atoms with Gasteiger partial charge in [-0.25, -0.2) is 17.1 Å². The van der Waals surface area contributed by atoms with Crippen molar-refractivity contribution in [3.8, 4) is 0 Å². The number of carbonyl (C=O) groups excluding carboxylic acids is 1. The second kappa shape index (κ2) is 7.62. The largest absolute Gasteiger partial charge is 0.323 e. The van der Waals surface area contributed by atoms with Crippen molar-refractivity contribution in [1.29, 1.82) is 0 Å². The SMILES string of the molecule is CN(C)S(=O)(=O)c1ccc2nnc(SCC(=O)Nc3ccccc3F)n2c1. The first-order valence-corrected chi connectivity index (χ1v) is 10.2. The molecule has 0 bridgehead atoms. The Morgan fingerprint density at radius 2 is 1.96 bits per heavy atom. The summed E-state index contributed by atoms with van der Waals surface area (Å²) in [6.45, 7) is 0. The fourth-order valence-electron chi connectivity index (χ4n) is 2.19. The Kier molecular flexibility index (Phi) is 5.44. The number of nitrogens with zero attached hydrogens (tertiary/aromatic N) is 4. The number of pyridine rings is 1. The minimum absolute atomic E-state index is 0.0419. The molecule has 0 unspecified atom stereocenters. The molecule has 0 aliphatic carbocycles. The first kappa shape index (κ1) is 19.3. The highest BCUT2D eigenvalue weighted by Gasteiger charge is 2.19. The van der Waals surface area contributed by atoms with Crippen LogP contribution in [0.15, 0.2) is 52.6 Å². The molecule has 0 fully saturated rings. The number of amides is 1. The first-order valence-electron chi connectivity index (χ1n) is 7.73. The number of halogens is 1. The number of para-hydroxylation sites is 1. The molecule has 2 aromatic heterocycles. The molecule has 1 N–H and O–H groups in total. The van der Waals surface area contributed by atoms with Crippen LogP contribution in [0.5, 0.6) is 0 Å². The van der Waals surface area contributed by atoms with E-state index in [4.69, 9.17) is 0 Å². The summed E-state index contributed by atoms with van der Waals surface area (Å²) in [5.74, 6) is -0.985. The maximum Gasteiger partial charge on any atom is 0.244 e. The van der Waals surface area contributed by atoms with Crippen LogP contribution in [0.2, 0.25) is 0 Å². The molecule has 3 aromatic rings. The number of thioether (sulfide) groups is 1. The van der Waals surface area contributed by atoms with Crippen LogP contribution in [0.4, 0.5) is 10.1 Å². The Morgan fingerprint density at radius 3 is 2.67 bits per heavy atom. The smallest absolute Gasteiger partial charge is 0.244 e. The van der Waals surface area contributed by atoms with Crippen molar-refractivity contribution in [3.63, 3.8) is 0 Å². The quantitative estimate of drug-likeness (QED) is 0.624. The fourth-order valence-corrected chi connectivity index (χ4v) is 3.81. The summed E-state index contributed by atoms with van der Waals surface area (Å²) in [7, 11) is -0.735. The summed E-state index contributed by atoms with van der Waals surface area (Å²) >= 11 is 1.06. The number of aromatic nitrogens is 3. The Hall–Kier alpha value is -2.50. The maximum atomic E-state index is 13.6. The van der Waals surface area contributed by atoms with Crippen LogP contribution in [-0.4, -0.2) is 53.1 Å². The van der Waals surface area contributed by atoms with Crippen molar-refractivity contribution in [2.24, 2.45) is 0 Å². The van der Waals surface area contributed by atoms with Crippen LogP contribution in [0, 0.1) is 5.82 Å². The van der Waals surface area contributed by atoms with E-state index in [-0.39, 0.29) is 16.3 Å². The Labute approximate surface area is 159 Å². The number of benzene rings is 1. The number of carbonyl (C=O) groups is 1. The van der Waals surface area contributed by atoms with Gasteiger partial charge in [-0.2, -0.15) is 0 Å². The summed E-state index contributed by atoms with van der Waals surface area (Å²) in [6.07, 6.45) is 1.40. The Morgan fingerprint density at radius 1 is 1.22 bits per heavy atom. The monoisotopic (exact) mass is 409 g/mol. The van der Waals surface area contributed by atoms with Crippen molar-refractivity contribution in [2.75, 3.05) is 25.2 Å². The minimum atomic E-state index is -3.61. The molecule has 2 heterocycles. The number of hydrogen-bond acceptors (Lipinski definition) is 6. The molecule has 1 aromatic carbocycles. The van der Waals surface area contributed by atoms with Crippen molar-refractivity contribution < 1.29 is 17.6 Å². The summed E-state index contributed by atoms with van der Waals surface area (Å²) < 4.78 is 40.7. The molecule has 8 nitrogen and oxygen atoms in total. The van der Waals surface area contributed by atoms with Gasteiger partial charge in [0.25, 0.3) is 0 Å². The number of rotatable bonds is 6. The van der Waals surface area contributed by atoms with Gasteiger partial charge in [0.05, 0.1) is 16.3 Å². The van der Waals surface area contributed by atoms with E-state index in [0.717, 1.165) is 16.1 Å². The molecule has 3 rings (SSSR count). The lowest BCUT2D eigenvalue weighted by Crippen LogP contribution is -2.22. The highest BCUT2D eigenvalue weighted by atomic mass is 32.2. The highest BCUT2D eigenvalue weighted by molar-refractivity contribution is 7.99. The van der Waals surface area contributed by atoms with E-state index >= 15 is 0 Å². The molecule has 0 aliphatic rings. The van der Waals surface area contributed by atoms with Gasteiger partial charge in [-0.05, 0) is 24.3 Å². The van der Waals surface area contributed by atoms with Gasteiger partial charge >= 0.3 is 0 Å². The van der Waals surface area contributed by atoms with Gasteiger partial charge < -0.3 is 5.32 Å². The standard InChI is InChI=1S/C16H16FN5O3S2/c1-21(2)27(24,25)11-7-8-14-19-20-16(22(14)9-11)26-10-15(23)18-13-6-4-3-5-12(13)17/h3-9H,10H2,1-2H3,(H,18,23). The maximum absolute atomic E-state index is 13.6. The molecular weight excluding hydrogens is 393 g/mol. The average Bonchev–Trinajstić information content (AvgIpc) is 3.04. The zero-order valence-corrected chi connectivity index (χ0v) is 16.1. The van der Waals surface area contributed by atoms with E-state index in [0.29, 0.717) is 10.8 Å². The summed E-state index contributed by atoms with van der Waals surface area (Å²) in [6, 6.07) is 8.84. The molecule has 0 saturated carbocycles. The van der Waals surface area contributed by atoms with Crippen molar-refractivity contribution >= 4 is 39.0 Å². The predicted molar refractivity (Wildman–Crippen MR) is 99.6 cm³/mol. The van der Waals surface area contributed by atoms with Crippen LogP contribution in [0.25, 0.3) is 5.65 Å². The summed E-state index contributed by atoms with van der Waals surface area (Å²) in [5, 5.41) is 10.8. The molecule has 142 valence electrons. The Balaban J connectivity index is 1.77. The predicted octanol–water partition coefficient (Wildman–Crippen LogP) is 1.85. The molecule has 0 atom stereocenters. The second-order valence-corrected chi connectivity index (χ2v) is 8.77. The molecule has 0 saturated heterocycles. The number of anilines is 1. The van der Waals surface area contributed by atoms with Crippen molar-refractivity contribution in [2.45, 2.75) is 10.1 Å². The van der Waals surface area contributed by atoms with E-state index in [2.05, 4.69) is 15.5 Å². The molecule has 27 heavy (non-hydrogen) atoms. The number of hydrogen-bond donors (Lipinski definition) is 1. The van der Waals surface area contributed by atoms with Crippen LogP contribution in [0.3, 0.4) is 0 Å². The van der Waals surface area contributed by atoms with E-state index in [1.165, 1.54) is 55.0 Å². The van der Waals surface area contributed by atoms with Crippen LogP contribution >= 0.6 is 11.8 Å². The van der Waals surface area contributed by atoms with Crippen molar-refractivity contribution in [1.82, 2.24) is 18.9 Å². The van der Waals surface area contributed by atoms with Gasteiger partial charge in [0, 0.05) is 20.3 Å². The van der Waals surface area contributed by atoms with E-state index < -0.39 is 21.7 Å². The Bertz CT molecular complexity index is 1100. The third-order valence-electron chi connectivity index (χ3n) is 3.60. The van der Waals surface area contributed by atoms with Gasteiger partial charge in [-0.1, -0.05) is 23.9 Å². The van der Waals surface area contributed by atoms with Crippen LogP contribution in [-0.2, 0) is 14.8 Å². The lowest BCUT2D eigenvalue weighted by molar-refractivity contribution is -0.113. The summed E-state index contributed by atoms with van der Waals surface area (Å²) in [5.41, 5.74) is 0.540. The van der Waals surface area contributed by atoms with E-state index in [1.807, 2.05) is 0 Å². The summed E-state index contributed by atoms with van der Waals surface area (Å²) in [4.78, 5) is 12.1. The lowest BCUT2D eigenvalue weighted by Gasteiger charge is -2.11. The molecular formula is C16H16FN5O3S2. The van der Waals surface area contributed by atoms with Gasteiger partial charge in [-0.15, -0.1) is 10.2 Å². The third-order valence-corrected chi connectivity index (χ3v) is 6.34. The third kappa shape index (κ3) is 4.10. The zero-order chi connectivity index (χ0) is 19.6. The molecule has 0 spiro atoms. The van der Waals surface area contributed by atoms with Crippen LogP contribution in [0.1, 0.15) is 0 Å². The molecule has 1 amide bonds. The van der Waals surface area contributed by atoms with E-state index in [1.54, 1.807) is 6.07 Å². The minimum Gasteiger partial charge on any atom is -0.323 e. The van der Waals surface area contributed by atoms with Crippen LogP contribution < -0.4 is 5.32 Å². The number of sulfonamides is 1. The molecule has 11 heteroatoms. The van der Waals surface area contributed by atoms with Crippen molar-refractivity contribution in [3.05, 3.63) is 48.4 Å². The average molecular weight is 409 g/mol. The normalized spacial score (nSPS) is 11.9. The molecule has 0 radical (unpaired) electrons. The van der Waals surface area contributed by atoms with E-state index in [9.17, 15) is 17.6 Å². The molecule has 0 aliphatic heterocycles. The highest BCUT2D eigenvalue weighted by Crippen LogP contribution is 2.21. The van der Waals surface area contributed by atoms with Gasteiger partial charge in [-0.3, -0.25) is 9.20 Å². The number of nitrogens with one attached hydrogen (secondary N) is 1. The topological polar surface area (TPSA) is 96.7 Å². The first-order chi connectivity index (χ1) is 12.8. The van der Waals surface area contributed by atoms with Gasteiger partial charge in [0.1, 0.15) is 5.82 Å².